The number of hydrogen-bond acceptors (Lipinski definition) is 4. The van der Waals surface area contributed by atoms with Crippen LogP contribution in [0.25, 0.3) is 0 Å². The van der Waals surface area contributed by atoms with Crippen LogP contribution in [0.4, 0.5) is 15.2 Å². The zero-order chi connectivity index (χ0) is 12.3. The molecule has 0 aliphatic rings. The van der Waals surface area contributed by atoms with Crippen molar-refractivity contribution in [3.05, 3.63) is 41.2 Å². The number of rotatable bonds is 4. The molecule has 5 heteroatoms. The number of nitrogens with zero attached hydrogens (tertiary/aromatic N) is 1. The van der Waals surface area contributed by atoms with Gasteiger partial charge in [0.15, 0.2) is 5.13 Å². The first kappa shape index (κ1) is 12.0. The molecule has 0 saturated carbocycles. The van der Waals surface area contributed by atoms with Crippen LogP contribution in [0.1, 0.15) is 12.6 Å². The molecule has 90 valence electrons. The topological polar surface area (TPSA) is 50.9 Å². The van der Waals surface area contributed by atoms with Crippen molar-refractivity contribution in [2.75, 3.05) is 5.32 Å². The molecular formula is C12H14FN3S. The summed E-state index contributed by atoms with van der Waals surface area (Å²) < 4.78 is 12.7. The highest BCUT2D eigenvalue weighted by molar-refractivity contribution is 7.13. The lowest BCUT2D eigenvalue weighted by atomic mass is 10.2. The van der Waals surface area contributed by atoms with Crippen LogP contribution in [-0.2, 0) is 6.42 Å². The van der Waals surface area contributed by atoms with Crippen LogP contribution in [0.2, 0.25) is 0 Å². The fraction of sp³-hybridized carbons (Fsp3) is 0.250. The Balaban J connectivity index is 2.03. The third-order valence-electron chi connectivity index (χ3n) is 2.18. The molecule has 0 bridgehead atoms. The number of thiazole rings is 1. The molecule has 1 aromatic carbocycles. The Labute approximate surface area is 103 Å². The maximum atomic E-state index is 12.7. The van der Waals surface area contributed by atoms with Crippen molar-refractivity contribution in [2.24, 2.45) is 5.73 Å². The lowest BCUT2D eigenvalue weighted by Crippen LogP contribution is -2.17. The van der Waals surface area contributed by atoms with Crippen molar-refractivity contribution in [1.82, 2.24) is 4.98 Å². The van der Waals surface area contributed by atoms with Gasteiger partial charge in [0, 0.05) is 23.5 Å². The van der Waals surface area contributed by atoms with E-state index in [-0.39, 0.29) is 11.9 Å². The van der Waals surface area contributed by atoms with Gasteiger partial charge in [-0.1, -0.05) is 0 Å². The van der Waals surface area contributed by atoms with E-state index in [4.69, 9.17) is 5.73 Å². The van der Waals surface area contributed by atoms with E-state index in [9.17, 15) is 4.39 Å². The molecular weight excluding hydrogens is 237 g/mol. The Morgan fingerprint density at radius 3 is 2.76 bits per heavy atom. The van der Waals surface area contributed by atoms with Gasteiger partial charge in [-0.15, -0.1) is 11.3 Å². The molecule has 3 nitrogen and oxygen atoms in total. The van der Waals surface area contributed by atoms with E-state index >= 15 is 0 Å². The number of aromatic nitrogens is 1. The maximum absolute atomic E-state index is 12.7. The van der Waals surface area contributed by atoms with Gasteiger partial charge in [-0.25, -0.2) is 9.37 Å². The maximum Gasteiger partial charge on any atom is 0.187 e. The van der Waals surface area contributed by atoms with Crippen molar-refractivity contribution in [2.45, 2.75) is 19.4 Å². The molecule has 0 amide bonds. The van der Waals surface area contributed by atoms with E-state index in [0.717, 1.165) is 22.9 Å². The number of anilines is 2. The smallest absolute Gasteiger partial charge is 0.187 e. The molecule has 1 aromatic heterocycles. The van der Waals surface area contributed by atoms with Gasteiger partial charge in [0.1, 0.15) is 5.82 Å². The Morgan fingerprint density at radius 2 is 2.12 bits per heavy atom. The highest BCUT2D eigenvalue weighted by Crippen LogP contribution is 2.21. The second kappa shape index (κ2) is 5.25. The predicted octanol–water partition coefficient (Wildman–Crippen LogP) is 2.92. The first-order valence-corrected chi connectivity index (χ1v) is 6.24. The lowest BCUT2D eigenvalue weighted by molar-refractivity contribution is 0.628. The molecule has 0 aliphatic carbocycles. The Kier molecular flexibility index (Phi) is 3.71. The Hall–Kier alpha value is -1.46. The van der Waals surface area contributed by atoms with Crippen LogP contribution in [0.15, 0.2) is 29.6 Å². The highest BCUT2D eigenvalue weighted by atomic mass is 32.1. The number of benzene rings is 1. The standard InChI is InChI=1S/C12H14FN3S/c1-8(14)6-11-7-17-12(16-11)15-10-4-2-9(13)3-5-10/h2-5,7-8H,6,14H2,1H3,(H,15,16). The van der Waals surface area contributed by atoms with Gasteiger partial charge in [0.25, 0.3) is 0 Å². The number of nitrogens with two attached hydrogens (primary N) is 1. The summed E-state index contributed by atoms with van der Waals surface area (Å²) in [7, 11) is 0. The monoisotopic (exact) mass is 251 g/mol. The van der Waals surface area contributed by atoms with Crippen molar-refractivity contribution in [3.63, 3.8) is 0 Å². The average Bonchev–Trinajstić information content (AvgIpc) is 2.68. The molecule has 0 spiro atoms. The summed E-state index contributed by atoms with van der Waals surface area (Å²) in [5.41, 5.74) is 7.51. The normalized spacial score (nSPS) is 12.4. The van der Waals surface area contributed by atoms with Gasteiger partial charge in [-0.2, -0.15) is 0 Å². The van der Waals surface area contributed by atoms with Crippen LogP contribution in [0, 0.1) is 5.82 Å². The van der Waals surface area contributed by atoms with Crippen LogP contribution in [-0.4, -0.2) is 11.0 Å². The van der Waals surface area contributed by atoms with Gasteiger partial charge in [0.2, 0.25) is 0 Å². The molecule has 0 saturated heterocycles. The van der Waals surface area contributed by atoms with E-state index < -0.39 is 0 Å². The quantitative estimate of drug-likeness (QED) is 0.878. The van der Waals surface area contributed by atoms with E-state index in [1.54, 1.807) is 12.1 Å². The lowest BCUT2D eigenvalue weighted by Gasteiger charge is -2.02. The fourth-order valence-corrected chi connectivity index (χ4v) is 2.19. The Bertz CT molecular complexity index is 479. The molecule has 2 aromatic rings. The summed E-state index contributed by atoms with van der Waals surface area (Å²) in [5.74, 6) is -0.243. The van der Waals surface area contributed by atoms with Gasteiger partial charge >= 0.3 is 0 Å². The first-order valence-electron chi connectivity index (χ1n) is 5.36. The molecule has 3 N–H and O–H groups in total. The van der Waals surface area contributed by atoms with Crippen LogP contribution in [0.5, 0.6) is 0 Å². The number of hydrogen-bond donors (Lipinski definition) is 2. The van der Waals surface area contributed by atoms with E-state index in [0.29, 0.717) is 0 Å². The van der Waals surface area contributed by atoms with Crippen LogP contribution < -0.4 is 11.1 Å². The zero-order valence-electron chi connectivity index (χ0n) is 9.48. The van der Waals surface area contributed by atoms with Crippen LogP contribution >= 0.6 is 11.3 Å². The van der Waals surface area contributed by atoms with Crippen molar-refractivity contribution in [3.8, 4) is 0 Å². The van der Waals surface area contributed by atoms with Gasteiger partial charge < -0.3 is 11.1 Å². The van der Waals surface area contributed by atoms with Gasteiger partial charge in [-0.3, -0.25) is 0 Å². The summed E-state index contributed by atoms with van der Waals surface area (Å²) in [4.78, 5) is 4.40. The predicted molar refractivity (Wildman–Crippen MR) is 69.2 cm³/mol. The largest absolute Gasteiger partial charge is 0.332 e. The van der Waals surface area contributed by atoms with E-state index in [1.807, 2.05) is 12.3 Å². The number of nitrogens with one attached hydrogen (secondary N) is 1. The third-order valence-corrected chi connectivity index (χ3v) is 2.98. The summed E-state index contributed by atoms with van der Waals surface area (Å²) in [5, 5.41) is 5.90. The fourth-order valence-electron chi connectivity index (χ4n) is 1.44. The molecule has 17 heavy (non-hydrogen) atoms. The zero-order valence-corrected chi connectivity index (χ0v) is 10.3. The van der Waals surface area contributed by atoms with Gasteiger partial charge in [-0.05, 0) is 31.2 Å². The highest BCUT2D eigenvalue weighted by Gasteiger charge is 2.04. The molecule has 0 fully saturated rings. The Morgan fingerprint density at radius 1 is 1.41 bits per heavy atom. The van der Waals surface area contributed by atoms with Gasteiger partial charge in [0.05, 0.1) is 5.69 Å². The van der Waals surface area contributed by atoms with E-state index in [1.165, 1.54) is 23.5 Å². The summed E-state index contributed by atoms with van der Waals surface area (Å²) >= 11 is 1.52. The second-order valence-corrected chi connectivity index (χ2v) is 4.82. The molecule has 1 atom stereocenters. The van der Waals surface area contributed by atoms with Crippen molar-refractivity contribution in [1.29, 1.82) is 0 Å². The molecule has 0 radical (unpaired) electrons. The average molecular weight is 251 g/mol. The molecule has 1 unspecified atom stereocenters. The molecule has 0 aliphatic heterocycles. The minimum Gasteiger partial charge on any atom is -0.332 e. The van der Waals surface area contributed by atoms with E-state index in [2.05, 4.69) is 10.3 Å². The second-order valence-electron chi connectivity index (χ2n) is 3.96. The molecule has 1 heterocycles. The number of halogens is 1. The third kappa shape index (κ3) is 3.51. The van der Waals surface area contributed by atoms with Crippen molar-refractivity contribution >= 4 is 22.2 Å². The molecule has 2 rings (SSSR count). The minimum absolute atomic E-state index is 0.107. The van der Waals surface area contributed by atoms with Crippen LogP contribution in [0.3, 0.4) is 0 Å². The first-order chi connectivity index (χ1) is 8.13. The minimum atomic E-state index is -0.243. The summed E-state index contributed by atoms with van der Waals surface area (Å²) in [6.45, 7) is 1.95. The van der Waals surface area contributed by atoms with Crippen molar-refractivity contribution < 1.29 is 4.39 Å². The SMILES string of the molecule is CC(N)Cc1csc(Nc2ccc(F)cc2)n1. The summed E-state index contributed by atoms with van der Waals surface area (Å²) in [6.07, 6.45) is 0.765. The summed E-state index contributed by atoms with van der Waals surface area (Å²) in [6, 6.07) is 6.30.